The summed E-state index contributed by atoms with van der Waals surface area (Å²) < 4.78 is 43.8. The maximum atomic E-state index is 14.7. The summed E-state index contributed by atoms with van der Waals surface area (Å²) in [5, 5.41) is 8.25. The SMILES string of the molecule is CNC(=O)c1cnc(NC(=O)C2CC2)cc1Nc1cc(F)cc(-c2ccc(S(C)(=O)=O)cn2)c1OC. The summed E-state index contributed by atoms with van der Waals surface area (Å²) in [4.78, 5) is 33.0. The predicted molar refractivity (Wildman–Crippen MR) is 132 cm³/mol. The fourth-order valence-electron chi connectivity index (χ4n) is 3.52. The van der Waals surface area contributed by atoms with Crippen LogP contribution in [0.2, 0.25) is 0 Å². The molecule has 12 heteroatoms. The monoisotopic (exact) mass is 513 g/mol. The van der Waals surface area contributed by atoms with Crippen LogP contribution in [0.25, 0.3) is 11.3 Å². The highest BCUT2D eigenvalue weighted by atomic mass is 32.2. The molecule has 1 aliphatic carbocycles. The normalized spacial score (nSPS) is 13.1. The minimum Gasteiger partial charge on any atom is -0.494 e. The molecular formula is C24H24FN5O5S. The van der Waals surface area contributed by atoms with Gasteiger partial charge in [-0.05, 0) is 31.0 Å². The zero-order valence-electron chi connectivity index (χ0n) is 19.8. The minimum absolute atomic E-state index is 0.0211. The first-order chi connectivity index (χ1) is 17.1. The number of nitrogens with one attached hydrogen (secondary N) is 3. The van der Waals surface area contributed by atoms with E-state index in [1.807, 2.05) is 0 Å². The number of hydrogen-bond donors (Lipinski definition) is 3. The number of amides is 2. The molecule has 2 amide bonds. The molecular weight excluding hydrogens is 489 g/mol. The average molecular weight is 514 g/mol. The van der Waals surface area contributed by atoms with Crippen LogP contribution >= 0.6 is 0 Å². The minimum atomic E-state index is -3.46. The van der Waals surface area contributed by atoms with Gasteiger partial charge in [0.15, 0.2) is 15.6 Å². The number of anilines is 3. The van der Waals surface area contributed by atoms with E-state index in [0.717, 1.165) is 19.1 Å². The quantitative estimate of drug-likeness (QED) is 0.417. The smallest absolute Gasteiger partial charge is 0.254 e. The van der Waals surface area contributed by atoms with Crippen molar-refractivity contribution in [3.63, 3.8) is 0 Å². The van der Waals surface area contributed by atoms with Crippen molar-refractivity contribution in [2.75, 3.05) is 31.0 Å². The summed E-state index contributed by atoms with van der Waals surface area (Å²) in [6, 6.07) is 6.69. The van der Waals surface area contributed by atoms with Crippen LogP contribution in [0.4, 0.5) is 21.6 Å². The number of aromatic nitrogens is 2. The van der Waals surface area contributed by atoms with Gasteiger partial charge in [-0.15, -0.1) is 0 Å². The number of rotatable bonds is 8. The van der Waals surface area contributed by atoms with E-state index in [2.05, 4.69) is 25.9 Å². The fraction of sp³-hybridized carbons (Fsp3) is 0.250. The third-order valence-corrected chi connectivity index (χ3v) is 6.64. The number of benzene rings is 1. The molecule has 0 spiro atoms. The van der Waals surface area contributed by atoms with E-state index >= 15 is 0 Å². The second-order valence-electron chi connectivity index (χ2n) is 8.27. The first-order valence-corrected chi connectivity index (χ1v) is 12.8. The summed E-state index contributed by atoms with van der Waals surface area (Å²) in [6.07, 6.45) is 5.19. The molecule has 4 rings (SSSR count). The highest BCUT2D eigenvalue weighted by molar-refractivity contribution is 7.90. The Labute approximate surface area is 207 Å². The van der Waals surface area contributed by atoms with Crippen LogP contribution in [-0.2, 0) is 14.6 Å². The molecule has 3 aromatic rings. The highest BCUT2D eigenvalue weighted by Crippen LogP contribution is 2.39. The maximum absolute atomic E-state index is 14.7. The lowest BCUT2D eigenvalue weighted by molar-refractivity contribution is -0.117. The lowest BCUT2D eigenvalue weighted by Gasteiger charge is -2.18. The van der Waals surface area contributed by atoms with Crippen molar-refractivity contribution >= 4 is 38.8 Å². The third-order valence-electron chi connectivity index (χ3n) is 5.54. The zero-order chi connectivity index (χ0) is 26.0. The second kappa shape index (κ2) is 9.90. The lowest BCUT2D eigenvalue weighted by atomic mass is 10.1. The van der Waals surface area contributed by atoms with E-state index in [4.69, 9.17) is 4.74 Å². The molecule has 2 heterocycles. The Balaban J connectivity index is 1.75. The molecule has 3 N–H and O–H groups in total. The second-order valence-corrected chi connectivity index (χ2v) is 10.3. The average Bonchev–Trinajstić information content (AvgIpc) is 3.69. The number of halogens is 1. The van der Waals surface area contributed by atoms with Crippen molar-refractivity contribution in [1.82, 2.24) is 15.3 Å². The Morgan fingerprint density at radius 2 is 1.83 bits per heavy atom. The highest BCUT2D eigenvalue weighted by Gasteiger charge is 2.30. The van der Waals surface area contributed by atoms with Gasteiger partial charge in [-0.25, -0.2) is 17.8 Å². The van der Waals surface area contributed by atoms with Crippen molar-refractivity contribution in [2.45, 2.75) is 17.7 Å². The van der Waals surface area contributed by atoms with E-state index < -0.39 is 21.6 Å². The molecule has 0 unspecified atom stereocenters. The Morgan fingerprint density at radius 3 is 2.42 bits per heavy atom. The van der Waals surface area contributed by atoms with Gasteiger partial charge in [0.1, 0.15) is 11.6 Å². The van der Waals surface area contributed by atoms with Crippen LogP contribution in [0.15, 0.2) is 47.6 Å². The van der Waals surface area contributed by atoms with E-state index in [0.29, 0.717) is 0 Å². The van der Waals surface area contributed by atoms with Crippen molar-refractivity contribution < 1.29 is 27.1 Å². The van der Waals surface area contributed by atoms with Crippen LogP contribution in [0.1, 0.15) is 23.2 Å². The van der Waals surface area contributed by atoms with Crippen LogP contribution in [-0.4, -0.2) is 50.6 Å². The molecule has 1 aliphatic rings. The Morgan fingerprint density at radius 1 is 1.08 bits per heavy atom. The van der Waals surface area contributed by atoms with Crippen LogP contribution in [0.5, 0.6) is 5.75 Å². The van der Waals surface area contributed by atoms with Crippen molar-refractivity contribution in [1.29, 1.82) is 0 Å². The van der Waals surface area contributed by atoms with Gasteiger partial charge in [0.2, 0.25) is 5.91 Å². The standard InChI is InChI=1S/C24H24FN5O5S/c1-26-24(32)17-12-28-21(30-23(31)13-4-5-13)10-19(17)29-20-9-14(25)8-16(22(20)35-2)18-7-6-15(11-27-18)36(3,33)34/h6-13H,4-5H2,1-3H3,(H,26,32)(H2,28,29,30,31). The largest absolute Gasteiger partial charge is 0.494 e. The van der Waals surface area contributed by atoms with Crippen LogP contribution in [0.3, 0.4) is 0 Å². The molecule has 0 radical (unpaired) electrons. The molecule has 188 valence electrons. The summed E-state index contributed by atoms with van der Waals surface area (Å²) in [5.41, 5.74) is 1.13. The van der Waals surface area contributed by atoms with Gasteiger partial charge >= 0.3 is 0 Å². The van der Waals surface area contributed by atoms with Gasteiger partial charge in [-0.2, -0.15) is 0 Å². The van der Waals surface area contributed by atoms with Gasteiger partial charge in [0.25, 0.3) is 5.91 Å². The molecule has 2 aromatic heterocycles. The first-order valence-electron chi connectivity index (χ1n) is 10.9. The van der Waals surface area contributed by atoms with Gasteiger partial charge in [-0.1, -0.05) is 0 Å². The number of carbonyl (C=O) groups is 2. The Kier molecular flexibility index (Phi) is 6.88. The number of sulfone groups is 1. The summed E-state index contributed by atoms with van der Waals surface area (Å²) >= 11 is 0. The molecule has 0 aliphatic heterocycles. The first kappa shape index (κ1) is 25.0. The molecule has 0 saturated heterocycles. The van der Waals surface area contributed by atoms with E-state index in [-0.39, 0.29) is 56.5 Å². The number of pyridine rings is 2. The van der Waals surface area contributed by atoms with Gasteiger partial charge < -0.3 is 20.7 Å². The number of methoxy groups -OCH3 is 1. The van der Waals surface area contributed by atoms with Crippen molar-refractivity contribution in [3.05, 3.63) is 54.1 Å². The fourth-order valence-corrected chi connectivity index (χ4v) is 4.08. The van der Waals surface area contributed by atoms with Crippen LogP contribution < -0.4 is 20.7 Å². The lowest BCUT2D eigenvalue weighted by Crippen LogP contribution is -2.20. The summed E-state index contributed by atoms with van der Waals surface area (Å²) in [5.74, 6) is -0.835. The van der Waals surface area contributed by atoms with Crippen molar-refractivity contribution in [3.8, 4) is 17.0 Å². The number of nitrogens with zero attached hydrogens (tertiary/aromatic N) is 2. The molecule has 36 heavy (non-hydrogen) atoms. The Bertz CT molecular complexity index is 1440. The number of carbonyl (C=O) groups excluding carboxylic acids is 2. The summed E-state index contributed by atoms with van der Waals surface area (Å²) in [6.45, 7) is 0. The maximum Gasteiger partial charge on any atom is 0.254 e. The summed E-state index contributed by atoms with van der Waals surface area (Å²) in [7, 11) is -0.609. The van der Waals surface area contributed by atoms with Gasteiger partial charge in [0, 0.05) is 49.3 Å². The molecule has 1 saturated carbocycles. The molecule has 1 aromatic carbocycles. The van der Waals surface area contributed by atoms with Gasteiger partial charge in [-0.3, -0.25) is 14.6 Å². The molecule has 1 fully saturated rings. The van der Waals surface area contributed by atoms with Crippen LogP contribution in [0, 0.1) is 11.7 Å². The van der Waals surface area contributed by atoms with Gasteiger partial charge in [0.05, 0.1) is 34.6 Å². The molecule has 0 atom stereocenters. The molecule has 10 nitrogen and oxygen atoms in total. The number of ether oxygens (including phenoxy) is 1. The Hall–Kier alpha value is -4.06. The zero-order valence-corrected chi connectivity index (χ0v) is 20.6. The number of hydrogen-bond acceptors (Lipinski definition) is 8. The molecule has 0 bridgehead atoms. The van der Waals surface area contributed by atoms with E-state index in [1.165, 1.54) is 56.9 Å². The van der Waals surface area contributed by atoms with Crippen molar-refractivity contribution in [2.24, 2.45) is 5.92 Å². The van der Waals surface area contributed by atoms with E-state index in [9.17, 15) is 22.4 Å². The topological polar surface area (TPSA) is 139 Å². The predicted octanol–water partition coefficient (Wildman–Crippen LogP) is 3.15. The third kappa shape index (κ3) is 5.43. The van der Waals surface area contributed by atoms with E-state index in [1.54, 1.807) is 0 Å².